The highest BCUT2D eigenvalue weighted by Crippen LogP contribution is 2.17. The number of aromatic nitrogens is 1. The molecule has 0 atom stereocenters. The van der Waals surface area contributed by atoms with E-state index in [0.717, 1.165) is 0 Å². The first-order chi connectivity index (χ1) is 10.9. The Bertz CT molecular complexity index is 862. The maximum atomic E-state index is 12.5. The van der Waals surface area contributed by atoms with Crippen LogP contribution in [0.3, 0.4) is 0 Å². The van der Waals surface area contributed by atoms with Gasteiger partial charge in [-0.3, -0.25) is 4.79 Å². The molecule has 0 saturated carbocycles. The Morgan fingerprint density at radius 3 is 2.57 bits per heavy atom. The van der Waals surface area contributed by atoms with Gasteiger partial charge in [0.05, 0.1) is 4.90 Å². The molecule has 0 fully saturated rings. The third kappa shape index (κ3) is 3.77. The van der Waals surface area contributed by atoms with Gasteiger partial charge in [0.2, 0.25) is 10.0 Å². The van der Waals surface area contributed by atoms with Gasteiger partial charge in [-0.05, 0) is 18.2 Å². The number of carbonyl (C=O) groups is 1. The third-order valence-electron chi connectivity index (χ3n) is 3.38. The Hall–Kier alpha value is -1.77. The summed E-state index contributed by atoms with van der Waals surface area (Å²) in [4.78, 5) is 17.0. The van der Waals surface area contributed by atoms with Gasteiger partial charge >= 0.3 is 0 Å². The van der Waals surface area contributed by atoms with Crippen LogP contribution in [0.15, 0.2) is 45.7 Å². The fourth-order valence-corrected chi connectivity index (χ4v) is 4.32. The van der Waals surface area contributed by atoms with Gasteiger partial charge < -0.3 is 4.57 Å². The number of amides is 1. The Kier molecular flexibility index (Phi) is 5.51. The molecule has 23 heavy (non-hydrogen) atoms. The van der Waals surface area contributed by atoms with E-state index >= 15 is 0 Å². The lowest BCUT2D eigenvalue weighted by atomic mass is 10.2. The second kappa shape index (κ2) is 7.20. The number of hydrogen-bond donors (Lipinski definition) is 0. The molecule has 8 heteroatoms. The van der Waals surface area contributed by atoms with Crippen molar-refractivity contribution in [1.29, 1.82) is 0 Å². The first-order valence-corrected chi connectivity index (χ1v) is 9.51. The molecular formula is C15H19N3O3S2. The number of sulfonamides is 1. The number of nitrogens with zero attached hydrogens (tertiary/aromatic N) is 3. The molecule has 2 aromatic rings. The van der Waals surface area contributed by atoms with E-state index in [4.69, 9.17) is 0 Å². The number of rotatable bonds is 5. The van der Waals surface area contributed by atoms with E-state index in [-0.39, 0.29) is 10.5 Å². The lowest BCUT2D eigenvalue weighted by Crippen LogP contribution is -2.30. The van der Waals surface area contributed by atoms with E-state index in [9.17, 15) is 13.2 Å². The first-order valence-electron chi connectivity index (χ1n) is 7.19. The van der Waals surface area contributed by atoms with Crippen LogP contribution in [0.5, 0.6) is 0 Å². The molecule has 0 N–H and O–H groups in total. The Morgan fingerprint density at radius 2 is 2.00 bits per heavy atom. The zero-order valence-electron chi connectivity index (χ0n) is 13.3. The van der Waals surface area contributed by atoms with Crippen molar-refractivity contribution in [3.63, 3.8) is 0 Å². The van der Waals surface area contributed by atoms with Crippen LogP contribution in [0.25, 0.3) is 0 Å². The largest absolute Gasteiger partial charge is 0.327 e. The fourth-order valence-electron chi connectivity index (χ4n) is 2.09. The topological polar surface area (TPSA) is 71.7 Å². The molecule has 1 aromatic carbocycles. The summed E-state index contributed by atoms with van der Waals surface area (Å²) in [6.07, 6.45) is 1.80. The lowest BCUT2D eigenvalue weighted by molar-refractivity contribution is 0.0997. The molecule has 0 bridgehead atoms. The van der Waals surface area contributed by atoms with Crippen LogP contribution in [-0.2, 0) is 17.1 Å². The van der Waals surface area contributed by atoms with E-state index in [1.54, 1.807) is 43.8 Å². The highest BCUT2D eigenvalue weighted by molar-refractivity contribution is 7.89. The van der Waals surface area contributed by atoms with Crippen molar-refractivity contribution in [2.75, 3.05) is 13.1 Å². The highest BCUT2D eigenvalue weighted by Gasteiger charge is 2.22. The smallest absolute Gasteiger partial charge is 0.279 e. The molecule has 6 nitrogen and oxygen atoms in total. The normalized spacial score (nSPS) is 12.8. The average Bonchev–Trinajstić information content (AvgIpc) is 2.93. The Morgan fingerprint density at radius 1 is 1.30 bits per heavy atom. The zero-order chi connectivity index (χ0) is 17.0. The lowest BCUT2D eigenvalue weighted by Gasteiger charge is -2.18. The summed E-state index contributed by atoms with van der Waals surface area (Å²) in [6.45, 7) is 4.32. The van der Waals surface area contributed by atoms with Gasteiger partial charge in [0.15, 0.2) is 4.80 Å². The zero-order valence-corrected chi connectivity index (χ0v) is 14.9. The maximum Gasteiger partial charge on any atom is 0.279 e. The second-order valence-corrected chi connectivity index (χ2v) is 7.64. The molecule has 0 radical (unpaired) electrons. The Labute approximate surface area is 139 Å². The standard InChI is InChI=1S/C15H19N3O3S2/c1-4-18(5-2)23(20,21)13-8-6-7-12(11-13)14(19)16-15-17(3)9-10-22-15/h6-11H,4-5H2,1-3H3. The molecule has 1 aromatic heterocycles. The minimum absolute atomic E-state index is 0.109. The van der Waals surface area contributed by atoms with Crippen molar-refractivity contribution in [1.82, 2.24) is 8.87 Å². The third-order valence-corrected chi connectivity index (χ3v) is 6.27. The van der Waals surface area contributed by atoms with Gasteiger partial charge in [0, 0.05) is 37.3 Å². The average molecular weight is 353 g/mol. The quantitative estimate of drug-likeness (QED) is 0.824. The van der Waals surface area contributed by atoms with Gasteiger partial charge in [0.1, 0.15) is 0 Å². The van der Waals surface area contributed by atoms with Crippen molar-refractivity contribution in [2.45, 2.75) is 18.7 Å². The van der Waals surface area contributed by atoms with Gasteiger partial charge in [-0.1, -0.05) is 19.9 Å². The fraction of sp³-hybridized carbons (Fsp3) is 0.333. The molecule has 0 aliphatic heterocycles. The van der Waals surface area contributed by atoms with Crippen molar-refractivity contribution in [3.05, 3.63) is 46.2 Å². The minimum atomic E-state index is -3.59. The van der Waals surface area contributed by atoms with Gasteiger partial charge in [-0.15, -0.1) is 11.3 Å². The number of hydrogen-bond acceptors (Lipinski definition) is 4. The van der Waals surface area contributed by atoms with Crippen LogP contribution in [0.4, 0.5) is 0 Å². The number of benzene rings is 1. The molecule has 1 amide bonds. The molecule has 0 saturated heterocycles. The molecule has 0 spiro atoms. The van der Waals surface area contributed by atoms with Crippen LogP contribution < -0.4 is 4.80 Å². The molecule has 0 aliphatic carbocycles. The summed E-state index contributed by atoms with van der Waals surface area (Å²) in [6, 6.07) is 6.01. The van der Waals surface area contributed by atoms with E-state index < -0.39 is 15.9 Å². The van der Waals surface area contributed by atoms with Gasteiger partial charge in [-0.2, -0.15) is 9.30 Å². The number of thiazole rings is 1. The minimum Gasteiger partial charge on any atom is -0.327 e. The van der Waals surface area contributed by atoms with Crippen LogP contribution in [0.2, 0.25) is 0 Å². The molecule has 0 aliphatic rings. The predicted octanol–water partition coefficient (Wildman–Crippen LogP) is 1.86. The summed E-state index contributed by atoms with van der Waals surface area (Å²) < 4.78 is 28.1. The van der Waals surface area contributed by atoms with Crippen LogP contribution >= 0.6 is 11.3 Å². The predicted molar refractivity (Wildman–Crippen MR) is 89.7 cm³/mol. The van der Waals surface area contributed by atoms with Crippen molar-refractivity contribution in [2.24, 2.45) is 12.0 Å². The van der Waals surface area contributed by atoms with Crippen molar-refractivity contribution in [3.8, 4) is 0 Å². The van der Waals surface area contributed by atoms with E-state index in [1.165, 1.54) is 27.8 Å². The summed E-state index contributed by atoms with van der Waals surface area (Å²) >= 11 is 1.34. The molecule has 124 valence electrons. The monoisotopic (exact) mass is 353 g/mol. The summed E-state index contributed by atoms with van der Waals surface area (Å²) in [5.74, 6) is -0.459. The molecule has 0 unspecified atom stereocenters. The maximum absolute atomic E-state index is 12.5. The molecule has 2 rings (SSSR count). The van der Waals surface area contributed by atoms with Crippen LogP contribution in [0.1, 0.15) is 24.2 Å². The number of carbonyl (C=O) groups excluding carboxylic acids is 1. The van der Waals surface area contributed by atoms with E-state index in [1.807, 2.05) is 5.38 Å². The van der Waals surface area contributed by atoms with Gasteiger partial charge in [0.25, 0.3) is 5.91 Å². The summed E-state index contributed by atoms with van der Waals surface area (Å²) in [7, 11) is -1.80. The highest BCUT2D eigenvalue weighted by atomic mass is 32.2. The van der Waals surface area contributed by atoms with Crippen LogP contribution in [0, 0.1) is 0 Å². The molecular weight excluding hydrogens is 334 g/mol. The first kappa shape index (κ1) is 17.6. The Balaban J connectivity index is 2.41. The van der Waals surface area contributed by atoms with Gasteiger partial charge in [-0.25, -0.2) is 8.42 Å². The summed E-state index contributed by atoms with van der Waals surface area (Å²) in [5.41, 5.74) is 0.256. The van der Waals surface area contributed by atoms with E-state index in [0.29, 0.717) is 17.9 Å². The second-order valence-electron chi connectivity index (χ2n) is 4.83. The number of aryl methyl sites for hydroxylation is 1. The van der Waals surface area contributed by atoms with Crippen molar-refractivity contribution >= 4 is 27.3 Å². The van der Waals surface area contributed by atoms with E-state index in [2.05, 4.69) is 4.99 Å². The SMILES string of the molecule is CCN(CC)S(=O)(=O)c1cccc(C(=O)N=c2sccn2C)c1. The molecule has 1 heterocycles. The van der Waals surface area contributed by atoms with Crippen molar-refractivity contribution < 1.29 is 13.2 Å². The van der Waals surface area contributed by atoms with Crippen LogP contribution in [-0.4, -0.2) is 36.3 Å². The summed E-state index contributed by atoms with van der Waals surface area (Å²) in [5, 5.41) is 1.83.